The van der Waals surface area contributed by atoms with Gasteiger partial charge in [-0.15, -0.1) is 0 Å². The Hall–Kier alpha value is -1.82. The minimum absolute atomic E-state index is 0.0166. The number of carbonyl (C=O) groups excluding carboxylic acids is 1. The fourth-order valence-corrected chi connectivity index (χ4v) is 3.08. The molecule has 1 amide bonds. The second-order valence-electron chi connectivity index (χ2n) is 6.09. The van der Waals surface area contributed by atoms with Crippen LogP contribution in [-0.2, 0) is 11.2 Å². The molecule has 0 spiro atoms. The fraction of sp³-hybridized carbons (Fsp3) is 0.556. The van der Waals surface area contributed by atoms with Gasteiger partial charge in [0.25, 0.3) is 0 Å². The molecule has 21 heavy (non-hydrogen) atoms. The van der Waals surface area contributed by atoms with Gasteiger partial charge in [0.2, 0.25) is 5.91 Å². The molecule has 0 N–H and O–H groups in total. The molecule has 1 heterocycles. The van der Waals surface area contributed by atoms with E-state index in [9.17, 15) is 4.79 Å². The monoisotopic (exact) mass is 284 g/mol. The quantitative estimate of drug-likeness (QED) is 0.850. The Labute approximate surface area is 127 Å². The molecule has 1 aliphatic heterocycles. The molecule has 1 aromatic carbocycles. The lowest BCUT2D eigenvalue weighted by molar-refractivity contribution is -0.136. The number of hydrogen-bond acceptors (Lipinski definition) is 2. The molecule has 0 aromatic heterocycles. The lowest BCUT2D eigenvalue weighted by atomic mass is 9.92. The van der Waals surface area contributed by atoms with Crippen LogP contribution in [0.2, 0.25) is 0 Å². The maximum absolute atomic E-state index is 12.5. The summed E-state index contributed by atoms with van der Waals surface area (Å²) in [5.74, 6) is 1.03. The van der Waals surface area contributed by atoms with Gasteiger partial charge < -0.3 is 4.90 Å². The van der Waals surface area contributed by atoms with Crippen LogP contribution in [0.1, 0.15) is 44.2 Å². The van der Waals surface area contributed by atoms with Crippen molar-refractivity contribution in [3.8, 4) is 6.07 Å². The van der Waals surface area contributed by atoms with E-state index in [-0.39, 0.29) is 11.8 Å². The summed E-state index contributed by atoms with van der Waals surface area (Å²) in [5, 5.41) is 8.93. The van der Waals surface area contributed by atoms with Gasteiger partial charge in [0.1, 0.15) is 0 Å². The highest BCUT2D eigenvalue weighted by Gasteiger charge is 2.25. The number of nitrogens with zero attached hydrogens (tertiary/aromatic N) is 2. The number of carbonyl (C=O) groups is 1. The number of benzene rings is 1. The van der Waals surface area contributed by atoms with Crippen LogP contribution in [-0.4, -0.2) is 23.9 Å². The Morgan fingerprint density at radius 2 is 2.14 bits per heavy atom. The fourth-order valence-electron chi connectivity index (χ4n) is 3.08. The third kappa shape index (κ3) is 4.07. The molecule has 0 saturated carbocycles. The van der Waals surface area contributed by atoms with E-state index in [1.54, 1.807) is 6.07 Å². The van der Waals surface area contributed by atoms with Crippen LogP contribution >= 0.6 is 0 Å². The molecule has 3 heteroatoms. The SMILES string of the molecule is CCC1CCN(C(=O)[C@@H](C)Cc2cccc(C#N)c2)CC1. The first-order chi connectivity index (χ1) is 10.1. The molecule has 0 aliphatic carbocycles. The van der Waals surface area contributed by atoms with Gasteiger partial charge in [0.15, 0.2) is 0 Å². The minimum atomic E-state index is -0.0166. The van der Waals surface area contributed by atoms with Crippen molar-refractivity contribution in [2.24, 2.45) is 11.8 Å². The summed E-state index contributed by atoms with van der Waals surface area (Å²) in [6, 6.07) is 9.71. The van der Waals surface area contributed by atoms with Gasteiger partial charge in [-0.25, -0.2) is 0 Å². The number of likely N-dealkylation sites (tertiary alicyclic amines) is 1. The van der Waals surface area contributed by atoms with E-state index in [1.807, 2.05) is 30.0 Å². The van der Waals surface area contributed by atoms with E-state index < -0.39 is 0 Å². The number of hydrogen-bond donors (Lipinski definition) is 0. The van der Waals surface area contributed by atoms with Crippen LogP contribution in [0.15, 0.2) is 24.3 Å². The molecule has 1 atom stereocenters. The average Bonchev–Trinajstić information content (AvgIpc) is 2.54. The predicted octanol–water partition coefficient (Wildman–Crippen LogP) is 3.39. The lowest BCUT2D eigenvalue weighted by Crippen LogP contribution is -2.41. The number of rotatable bonds is 4. The van der Waals surface area contributed by atoms with Crippen molar-refractivity contribution >= 4 is 5.91 Å². The molecule has 0 bridgehead atoms. The van der Waals surface area contributed by atoms with Gasteiger partial charge in [0.05, 0.1) is 11.6 Å². The lowest BCUT2D eigenvalue weighted by Gasteiger charge is -2.33. The van der Waals surface area contributed by atoms with Crippen molar-refractivity contribution in [1.82, 2.24) is 4.90 Å². The van der Waals surface area contributed by atoms with E-state index in [0.29, 0.717) is 12.0 Å². The van der Waals surface area contributed by atoms with E-state index in [2.05, 4.69) is 13.0 Å². The van der Waals surface area contributed by atoms with Crippen LogP contribution in [0.5, 0.6) is 0 Å². The highest BCUT2D eigenvalue weighted by molar-refractivity contribution is 5.78. The van der Waals surface area contributed by atoms with Gasteiger partial charge in [-0.3, -0.25) is 4.79 Å². The highest BCUT2D eigenvalue weighted by Crippen LogP contribution is 2.22. The summed E-state index contributed by atoms with van der Waals surface area (Å²) in [6.45, 7) is 6.03. The molecule has 3 nitrogen and oxygen atoms in total. The molecular formula is C18H24N2O. The zero-order valence-corrected chi connectivity index (χ0v) is 13.0. The van der Waals surface area contributed by atoms with Gasteiger partial charge in [-0.1, -0.05) is 32.4 Å². The molecule has 1 aliphatic rings. The molecular weight excluding hydrogens is 260 g/mol. The van der Waals surface area contributed by atoms with Crippen molar-refractivity contribution in [1.29, 1.82) is 5.26 Å². The Morgan fingerprint density at radius 3 is 2.76 bits per heavy atom. The Kier molecular flexibility index (Phi) is 5.38. The third-order valence-corrected chi connectivity index (χ3v) is 4.52. The van der Waals surface area contributed by atoms with E-state index >= 15 is 0 Å². The van der Waals surface area contributed by atoms with E-state index in [1.165, 1.54) is 6.42 Å². The summed E-state index contributed by atoms with van der Waals surface area (Å²) in [5.41, 5.74) is 1.73. The second kappa shape index (κ2) is 7.26. The molecule has 0 unspecified atom stereocenters. The maximum Gasteiger partial charge on any atom is 0.225 e. The molecule has 2 rings (SSSR count). The topological polar surface area (TPSA) is 44.1 Å². The van der Waals surface area contributed by atoms with Crippen LogP contribution in [0.3, 0.4) is 0 Å². The van der Waals surface area contributed by atoms with Crippen molar-refractivity contribution in [2.75, 3.05) is 13.1 Å². The standard InChI is InChI=1S/C18H24N2O/c1-3-15-7-9-20(10-8-15)18(21)14(2)11-16-5-4-6-17(12-16)13-19/h4-6,12,14-15H,3,7-11H2,1-2H3/t14-/m0/s1. The van der Waals surface area contributed by atoms with Crippen molar-refractivity contribution in [2.45, 2.75) is 39.5 Å². The molecule has 1 fully saturated rings. The normalized spacial score (nSPS) is 17.3. The summed E-state index contributed by atoms with van der Waals surface area (Å²) in [7, 11) is 0. The maximum atomic E-state index is 12.5. The number of nitriles is 1. The van der Waals surface area contributed by atoms with Crippen LogP contribution in [0.25, 0.3) is 0 Å². The average molecular weight is 284 g/mol. The van der Waals surface area contributed by atoms with Crippen molar-refractivity contribution < 1.29 is 4.79 Å². The molecule has 1 saturated heterocycles. The van der Waals surface area contributed by atoms with Gasteiger partial charge in [-0.05, 0) is 42.9 Å². The van der Waals surface area contributed by atoms with Crippen LogP contribution in [0.4, 0.5) is 0 Å². The first-order valence-corrected chi connectivity index (χ1v) is 7.91. The van der Waals surface area contributed by atoms with E-state index in [0.717, 1.165) is 37.4 Å². The Morgan fingerprint density at radius 1 is 1.43 bits per heavy atom. The predicted molar refractivity (Wildman–Crippen MR) is 83.6 cm³/mol. The number of amides is 1. The highest BCUT2D eigenvalue weighted by atomic mass is 16.2. The molecule has 0 radical (unpaired) electrons. The van der Waals surface area contributed by atoms with Crippen LogP contribution < -0.4 is 0 Å². The number of piperidine rings is 1. The summed E-state index contributed by atoms with van der Waals surface area (Å²) in [4.78, 5) is 14.5. The van der Waals surface area contributed by atoms with Gasteiger partial charge in [-0.2, -0.15) is 5.26 Å². The smallest absolute Gasteiger partial charge is 0.225 e. The largest absolute Gasteiger partial charge is 0.342 e. The first-order valence-electron chi connectivity index (χ1n) is 7.91. The molecule has 1 aromatic rings. The third-order valence-electron chi connectivity index (χ3n) is 4.52. The first kappa shape index (κ1) is 15.6. The Bertz CT molecular complexity index is 524. The van der Waals surface area contributed by atoms with Crippen molar-refractivity contribution in [3.63, 3.8) is 0 Å². The summed E-state index contributed by atoms with van der Waals surface area (Å²) < 4.78 is 0. The zero-order chi connectivity index (χ0) is 15.2. The summed E-state index contributed by atoms with van der Waals surface area (Å²) in [6.07, 6.45) is 4.21. The molecule has 112 valence electrons. The zero-order valence-electron chi connectivity index (χ0n) is 13.0. The summed E-state index contributed by atoms with van der Waals surface area (Å²) >= 11 is 0. The van der Waals surface area contributed by atoms with Crippen molar-refractivity contribution in [3.05, 3.63) is 35.4 Å². The minimum Gasteiger partial charge on any atom is -0.342 e. The second-order valence-corrected chi connectivity index (χ2v) is 6.09. The van der Waals surface area contributed by atoms with Gasteiger partial charge >= 0.3 is 0 Å². The Balaban J connectivity index is 1.92. The van der Waals surface area contributed by atoms with Gasteiger partial charge in [0, 0.05) is 19.0 Å². The van der Waals surface area contributed by atoms with Crippen LogP contribution in [0, 0.1) is 23.2 Å². The van der Waals surface area contributed by atoms with E-state index in [4.69, 9.17) is 5.26 Å².